The van der Waals surface area contributed by atoms with Gasteiger partial charge in [0.2, 0.25) is 0 Å². The van der Waals surface area contributed by atoms with Gasteiger partial charge in [0.1, 0.15) is 12.2 Å². The summed E-state index contributed by atoms with van der Waals surface area (Å²) in [5.41, 5.74) is 0. The molecule has 0 aromatic rings. The molecule has 0 rings (SSSR count). The molecule has 3 unspecified atom stereocenters. The number of aliphatic hydroxyl groups excluding tert-OH is 2. The summed E-state index contributed by atoms with van der Waals surface area (Å²) in [6, 6.07) is 0. The number of ether oxygens (including phenoxy) is 2. The summed E-state index contributed by atoms with van der Waals surface area (Å²) in [5.74, 6) is -0.386. The summed E-state index contributed by atoms with van der Waals surface area (Å²) in [6.07, 6.45) is 45.3. The standard InChI is InChI=1S/C45H85O9P/c1-3-5-7-9-11-13-15-17-18-19-20-21-22-23-24-25-26-28-30-32-34-36-38-51-41-44(42-53-55(49,50)52-40-43(47)39-46)54-45(48)37-35-33-31-29-27-16-14-12-10-8-6-4-2/h15,17,19-20,22-23,43-44,46-47H,3-14,16,18,21,24-42H2,1-2H3,(H,49,50)/b17-15-,20-19-,23-22-. The van der Waals surface area contributed by atoms with Crippen molar-refractivity contribution in [3.05, 3.63) is 36.5 Å². The van der Waals surface area contributed by atoms with E-state index in [9.17, 15) is 19.4 Å². The van der Waals surface area contributed by atoms with Crippen molar-refractivity contribution in [3.8, 4) is 0 Å². The average molecular weight is 801 g/mol. The minimum absolute atomic E-state index is 0.0447. The molecule has 324 valence electrons. The van der Waals surface area contributed by atoms with Gasteiger partial charge < -0.3 is 24.6 Å². The SMILES string of the molecule is CCCCCCC/C=C\C/C=C\C/C=C\CCCCCCCCCOCC(COP(=O)(O)OCC(O)CO)OC(=O)CCCCCCCCCCCCCC. The van der Waals surface area contributed by atoms with Crippen LogP contribution in [0.1, 0.15) is 200 Å². The number of hydrogen-bond donors (Lipinski definition) is 3. The Morgan fingerprint density at radius 2 is 0.982 bits per heavy atom. The van der Waals surface area contributed by atoms with E-state index in [4.69, 9.17) is 23.6 Å². The van der Waals surface area contributed by atoms with Gasteiger partial charge in [-0.2, -0.15) is 0 Å². The van der Waals surface area contributed by atoms with Crippen LogP contribution in [-0.2, 0) is 27.9 Å². The first-order valence-corrected chi connectivity index (χ1v) is 24.0. The topological polar surface area (TPSA) is 132 Å². The molecule has 0 aromatic carbocycles. The van der Waals surface area contributed by atoms with Gasteiger partial charge in [-0.1, -0.05) is 179 Å². The molecule has 10 heteroatoms. The lowest BCUT2D eigenvalue weighted by atomic mass is 10.0. The number of carbonyl (C=O) groups excluding carboxylic acids is 1. The van der Waals surface area contributed by atoms with E-state index in [1.807, 2.05) is 0 Å². The molecule has 0 amide bonds. The number of allylic oxidation sites excluding steroid dienone is 6. The smallest absolute Gasteiger partial charge is 0.457 e. The fourth-order valence-corrected chi connectivity index (χ4v) is 6.92. The summed E-state index contributed by atoms with van der Waals surface area (Å²) in [5, 5.41) is 18.3. The van der Waals surface area contributed by atoms with Crippen LogP contribution >= 0.6 is 7.82 Å². The largest absolute Gasteiger partial charge is 0.472 e. The predicted octanol–water partition coefficient (Wildman–Crippen LogP) is 12.4. The van der Waals surface area contributed by atoms with Crippen molar-refractivity contribution in [2.75, 3.05) is 33.0 Å². The van der Waals surface area contributed by atoms with E-state index in [0.717, 1.165) is 57.8 Å². The minimum atomic E-state index is -4.52. The number of carbonyl (C=O) groups is 1. The Bertz CT molecular complexity index is 955. The highest BCUT2D eigenvalue weighted by Crippen LogP contribution is 2.43. The van der Waals surface area contributed by atoms with E-state index in [2.05, 4.69) is 50.3 Å². The van der Waals surface area contributed by atoms with Crippen LogP contribution in [0.5, 0.6) is 0 Å². The summed E-state index contributed by atoms with van der Waals surface area (Å²) in [7, 11) is -4.52. The quantitative estimate of drug-likeness (QED) is 0.0239. The van der Waals surface area contributed by atoms with Gasteiger partial charge in [0, 0.05) is 13.0 Å². The lowest BCUT2D eigenvalue weighted by Gasteiger charge is -2.20. The first-order chi connectivity index (χ1) is 26.8. The van der Waals surface area contributed by atoms with Gasteiger partial charge in [-0.15, -0.1) is 0 Å². The van der Waals surface area contributed by atoms with Crippen LogP contribution in [0, 0.1) is 0 Å². The molecular formula is C45H85O9P. The van der Waals surface area contributed by atoms with Gasteiger partial charge in [0.05, 0.1) is 26.4 Å². The van der Waals surface area contributed by atoms with E-state index < -0.39 is 33.2 Å². The number of esters is 1. The third-order valence-corrected chi connectivity index (χ3v) is 10.5. The van der Waals surface area contributed by atoms with Crippen molar-refractivity contribution in [1.29, 1.82) is 0 Å². The van der Waals surface area contributed by atoms with Crippen molar-refractivity contribution in [1.82, 2.24) is 0 Å². The van der Waals surface area contributed by atoms with Crippen molar-refractivity contribution >= 4 is 13.8 Å². The Kier molecular flexibility index (Phi) is 41.3. The van der Waals surface area contributed by atoms with Crippen molar-refractivity contribution in [2.45, 2.75) is 212 Å². The third-order valence-electron chi connectivity index (χ3n) is 9.58. The summed E-state index contributed by atoms with van der Waals surface area (Å²) in [4.78, 5) is 22.5. The number of phosphoric ester groups is 1. The molecule has 0 saturated carbocycles. The number of rotatable bonds is 43. The lowest BCUT2D eigenvalue weighted by Crippen LogP contribution is -2.29. The van der Waals surface area contributed by atoms with Crippen LogP contribution in [0.2, 0.25) is 0 Å². The molecule has 0 aromatic heterocycles. The van der Waals surface area contributed by atoms with E-state index in [-0.39, 0.29) is 25.6 Å². The maximum atomic E-state index is 12.6. The second-order valence-corrected chi connectivity index (χ2v) is 16.5. The third kappa shape index (κ3) is 42.1. The van der Waals surface area contributed by atoms with E-state index in [0.29, 0.717) is 6.61 Å². The molecule has 0 fully saturated rings. The normalized spacial score (nSPS) is 14.3. The number of phosphoric acid groups is 1. The van der Waals surface area contributed by atoms with E-state index in [1.54, 1.807) is 0 Å². The molecule has 0 aliphatic carbocycles. The monoisotopic (exact) mass is 801 g/mol. The lowest BCUT2D eigenvalue weighted by molar-refractivity contribution is -0.154. The fourth-order valence-electron chi connectivity index (χ4n) is 6.13. The number of aliphatic hydroxyl groups is 2. The summed E-state index contributed by atoms with van der Waals surface area (Å²) < 4.78 is 33.4. The summed E-state index contributed by atoms with van der Waals surface area (Å²) in [6.45, 7) is 3.49. The maximum Gasteiger partial charge on any atom is 0.472 e. The molecule has 0 aliphatic heterocycles. The van der Waals surface area contributed by atoms with Gasteiger partial charge >= 0.3 is 13.8 Å². The Balaban J connectivity index is 4.12. The van der Waals surface area contributed by atoms with Crippen LogP contribution < -0.4 is 0 Å². The van der Waals surface area contributed by atoms with Crippen molar-refractivity contribution < 1.29 is 43.0 Å². The van der Waals surface area contributed by atoms with E-state index in [1.165, 1.54) is 122 Å². The maximum absolute atomic E-state index is 12.6. The molecule has 9 nitrogen and oxygen atoms in total. The molecule has 3 N–H and O–H groups in total. The second-order valence-electron chi connectivity index (χ2n) is 15.1. The van der Waals surface area contributed by atoms with Crippen molar-refractivity contribution in [2.24, 2.45) is 0 Å². The Morgan fingerprint density at radius 3 is 1.47 bits per heavy atom. The average Bonchev–Trinajstić information content (AvgIpc) is 3.18. The summed E-state index contributed by atoms with van der Waals surface area (Å²) >= 11 is 0. The fraction of sp³-hybridized carbons (Fsp3) is 0.844. The van der Waals surface area contributed by atoms with Gasteiger partial charge in [0.25, 0.3) is 0 Å². The zero-order valence-corrected chi connectivity index (χ0v) is 36.3. The van der Waals surface area contributed by atoms with Crippen LogP contribution in [0.25, 0.3) is 0 Å². The Hall–Kier alpha value is -1.32. The molecular weight excluding hydrogens is 715 g/mol. The predicted molar refractivity (Wildman–Crippen MR) is 228 cm³/mol. The zero-order valence-electron chi connectivity index (χ0n) is 35.4. The minimum Gasteiger partial charge on any atom is -0.457 e. The molecule has 55 heavy (non-hydrogen) atoms. The molecule has 0 bridgehead atoms. The van der Waals surface area contributed by atoms with Crippen LogP contribution in [0.3, 0.4) is 0 Å². The van der Waals surface area contributed by atoms with Crippen LogP contribution in [0.15, 0.2) is 36.5 Å². The first kappa shape index (κ1) is 53.7. The highest BCUT2D eigenvalue weighted by atomic mass is 31.2. The Morgan fingerprint density at radius 1 is 0.564 bits per heavy atom. The Labute approximate surface area is 337 Å². The molecule has 0 saturated heterocycles. The molecule has 0 radical (unpaired) electrons. The highest BCUT2D eigenvalue weighted by Gasteiger charge is 2.26. The van der Waals surface area contributed by atoms with Gasteiger partial charge in [-0.3, -0.25) is 13.8 Å². The molecule has 0 heterocycles. The molecule has 0 spiro atoms. The van der Waals surface area contributed by atoms with Gasteiger partial charge in [-0.25, -0.2) is 4.57 Å². The number of unbranched alkanes of at least 4 members (excludes halogenated alkanes) is 23. The molecule has 0 aliphatic rings. The molecule has 3 atom stereocenters. The first-order valence-electron chi connectivity index (χ1n) is 22.5. The van der Waals surface area contributed by atoms with Crippen LogP contribution in [-0.4, -0.2) is 66.3 Å². The van der Waals surface area contributed by atoms with Gasteiger partial charge in [-0.05, 0) is 51.4 Å². The number of hydrogen-bond acceptors (Lipinski definition) is 8. The second kappa shape index (κ2) is 42.3. The van der Waals surface area contributed by atoms with Gasteiger partial charge in [0.15, 0.2) is 0 Å². The van der Waals surface area contributed by atoms with Crippen LogP contribution in [0.4, 0.5) is 0 Å². The highest BCUT2D eigenvalue weighted by molar-refractivity contribution is 7.47. The van der Waals surface area contributed by atoms with Crippen molar-refractivity contribution in [3.63, 3.8) is 0 Å². The zero-order chi connectivity index (χ0) is 40.3. The van der Waals surface area contributed by atoms with E-state index >= 15 is 0 Å².